The van der Waals surface area contributed by atoms with Gasteiger partial charge < -0.3 is 4.90 Å². The predicted octanol–water partition coefficient (Wildman–Crippen LogP) is 4.45. The lowest BCUT2D eigenvalue weighted by molar-refractivity contribution is 0.384. The van der Waals surface area contributed by atoms with Gasteiger partial charge in [-0.05, 0) is 35.7 Å². The zero-order chi connectivity index (χ0) is 21.1. The second kappa shape index (κ2) is 9.18. The van der Waals surface area contributed by atoms with Gasteiger partial charge >= 0.3 is 0 Å². The van der Waals surface area contributed by atoms with Gasteiger partial charge in [0.2, 0.25) is 10.0 Å². The number of nitrogens with zero attached hydrogens (tertiary/aromatic N) is 3. The van der Waals surface area contributed by atoms with Gasteiger partial charge in [-0.3, -0.25) is 0 Å². The first-order chi connectivity index (χ1) is 14.5. The van der Waals surface area contributed by atoms with Crippen LogP contribution in [0, 0.1) is 6.92 Å². The number of hydrogen-bond donors (Lipinski definition) is 0. The zero-order valence-corrected chi connectivity index (χ0v) is 20.0. The highest BCUT2D eigenvalue weighted by Crippen LogP contribution is 2.26. The van der Waals surface area contributed by atoms with Crippen LogP contribution < -0.4 is 4.90 Å². The van der Waals surface area contributed by atoms with Crippen LogP contribution in [0.4, 0.5) is 5.13 Å². The minimum absolute atomic E-state index is 0.357. The molecule has 0 atom stereocenters. The SMILES string of the molecule is Cc1ccccc1Cc1csc(N2CCN(S(=O)(=O)c3ccc(CBr)cc3)CC2)n1. The van der Waals surface area contributed by atoms with Crippen LogP contribution in [0.3, 0.4) is 0 Å². The van der Waals surface area contributed by atoms with Crippen molar-refractivity contribution in [1.29, 1.82) is 0 Å². The quantitative estimate of drug-likeness (QED) is 0.464. The standard InChI is InChI=1S/C22H24BrN3O2S2/c1-17-4-2-3-5-19(17)14-20-16-29-22(24-20)25-10-12-26(13-11-25)30(27,28)21-8-6-18(15-23)7-9-21/h2-9,16H,10-15H2,1H3. The summed E-state index contributed by atoms with van der Waals surface area (Å²) < 4.78 is 27.5. The van der Waals surface area contributed by atoms with E-state index in [1.807, 2.05) is 12.1 Å². The lowest BCUT2D eigenvalue weighted by Crippen LogP contribution is -2.48. The summed E-state index contributed by atoms with van der Waals surface area (Å²) >= 11 is 5.02. The molecule has 0 bridgehead atoms. The molecule has 1 aliphatic rings. The summed E-state index contributed by atoms with van der Waals surface area (Å²) in [6.45, 7) is 4.35. The molecule has 0 spiro atoms. The van der Waals surface area contributed by atoms with Gasteiger partial charge in [0.1, 0.15) is 0 Å². The molecule has 1 fully saturated rings. The van der Waals surface area contributed by atoms with Gasteiger partial charge in [0, 0.05) is 43.3 Å². The Bertz CT molecular complexity index is 1110. The van der Waals surface area contributed by atoms with Gasteiger partial charge in [-0.25, -0.2) is 13.4 Å². The molecule has 0 unspecified atom stereocenters. The highest BCUT2D eigenvalue weighted by atomic mass is 79.9. The molecule has 8 heteroatoms. The van der Waals surface area contributed by atoms with Gasteiger partial charge in [0.05, 0.1) is 10.6 Å². The van der Waals surface area contributed by atoms with Crippen LogP contribution in [0.1, 0.15) is 22.4 Å². The summed E-state index contributed by atoms with van der Waals surface area (Å²) in [5.74, 6) is 0. The van der Waals surface area contributed by atoms with Gasteiger partial charge in [0.25, 0.3) is 0 Å². The Morgan fingerprint density at radius 2 is 1.73 bits per heavy atom. The van der Waals surface area contributed by atoms with Crippen LogP contribution in [0.5, 0.6) is 0 Å². The normalized spacial score (nSPS) is 15.5. The number of alkyl halides is 1. The Kier molecular flexibility index (Phi) is 6.57. The van der Waals surface area contributed by atoms with E-state index in [1.54, 1.807) is 27.8 Å². The van der Waals surface area contributed by atoms with Crippen molar-refractivity contribution in [3.63, 3.8) is 0 Å². The van der Waals surface area contributed by atoms with E-state index in [-0.39, 0.29) is 0 Å². The van der Waals surface area contributed by atoms with Crippen molar-refractivity contribution >= 4 is 42.4 Å². The van der Waals surface area contributed by atoms with E-state index in [0.29, 0.717) is 36.4 Å². The van der Waals surface area contributed by atoms with E-state index in [9.17, 15) is 8.42 Å². The van der Waals surface area contributed by atoms with Crippen molar-refractivity contribution in [3.8, 4) is 0 Å². The summed E-state index contributed by atoms with van der Waals surface area (Å²) in [6, 6.07) is 15.5. The first kappa shape index (κ1) is 21.5. The number of benzene rings is 2. The molecule has 3 aromatic rings. The van der Waals surface area contributed by atoms with Crippen LogP contribution in [0.15, 0.2) is 58.8 Å². The molecule has 0 N–H and O–H groups in total. The summed E-state index contributed by atoms with van der Waals surface area (Å²) in [5.41, 5.74) is 4.68. The monoisotopic (exact) mass is 505 g/mol. The summed E-state index contributed by atoms with van der Waals surface area (Å²) in [4.78, 5) is 7.35. The Morgan fingerprint density at radius 3 is 2.40 bits per heavy atom. The molecule has 1 saturated heterocycles. The Morgan fingerprint density at radius 1 is 1.03 bits per heavy atom. The van der Waals surface area contributed by atoms with Crippen molar-refractivity contribution < 1.29 is 8.42 Å². The molecule has 158 valence electrons. The summed E-state index contributed by atoms with van der Waals surface area (Å²) in [5, 5.41) is 3.79. The van der Waals surface area contributed by atoms with E-state index in [4.69, 9.17) is 4.98 Å². The fourth-order valence-corrected chi connectivity index (χ4v) is 6.22. The van der Waals surface area contributed by atoms with Gasteiger partial charge in [0.15, 0.2) is 5.13 Å². The maximum atomic E-state index is 13.0. The number of sulfonamides is 1. The highest BCUT2D eigenvalue weighted by molar-refractivity contribution is 9.08. The van der Waals surface area contributed by atoms with E-state index in [1.165, 1.54) is 11.1 Å². The second-order valence-corrected chi connectivity index (χ2v) is 10.7. The molecule has 0 amide bonds. The van der Waals surface area contributed by atoms with Crippen LogP contribution in [-0.2, 0) is 21.8 Å². The van der Waals surface area contributed by atoms with Crippen molar-refractivity contribution in [1.82, 2.24) is 9.29 Å². The third kappa shape index (κ3) is 4.61. The zero-order valence-electron chi connectivity index (χ0n) is 16.8. The predicted molar refractivity (Wildman–Crippen MR) is 126 cm³/mol. The Balaban J connectivity index is 1.40. The maximum absolute atomic E-state index is 13.0. The van der Waals surface area contributed by atoms with Crippen LogP contribution in [-0.4, -0.2) is 43.9 Å². The van der Waals surface area contributed by atoms with Crippen molar-refractivity contribution in [2.45, 2.75) is 23.6 Å². The number of aryl methyl sites for hydroxylation is 1. The Hall–Kier alpha value is -1.74. The number of aromatic nitrogens is 1. The molecule has 0 saturated carbocycles. The number of hydrogen-bond acceptors (Lipinski definition) is 5. The number of thiazole rings is 1. The molecule has 0 radical (unpaired) electrons. The van der Waals surface area contributed by atoms with Gasteiger partial charge in [-0.2, -0.15) is 4.31 Å². The van der Waals surface area contributed by atoms with E-state index in [2.05, 4.69) is 57.4 Å². The van der Waals surface area contributed by atoms with E-state index >= 15 is 0 Å². The molecule has 5 nitrogen and oxygen atoms in total. The van der Waals surface area contributed by atoms with Gasteiger partial charge in [-0.15, -0.1) is 11.3 Å². The first-order valence-corrected chi connectivity index (χ1v) is 13.3. The molecule has 1 aromatic heterocycles. The number of anilines is 1. The minimum atomic E-state index is -3.46. The molecule has 1 aliphatic heterocycles. The molecule has 4 rings (SSSR count). The number of rotatable bonds is 6. The van der Waals surface area contributed by atoms with E-state index in [0.717, 1.165) is 22.8 Å². The molecule has 0 aliphatic carbocycles. The van der Waals surface area contributed by atoms with Crippen LogP contribution >= 0.6 is 27.3 Å². The largest absolute Gasteiger partial charge is 0.345 e. The van der Waals surface area contributed by atoms with Crippen molar-refractivity contribution in [3.05, 3.63) is 76.3 Å². The fourth-order valence-electron chi connectivity index (χ4n) is 3.55. The second-order valence-electron chi connectivity index (χ2n) is 7.39. The minimum Gasteiger partial charge on any atom is -0.345 e. The topological polar surface area (TPSA) is 53.5 Å². The average Bonchev–Trinajstić information content (AvgIpc) is 3.24. The lowest BCUT2D eigenvalue weighted by atomic mass is 10.1. The number of halogens is 1. The van der Waals surface area contributed by atoms with Crippen molar-refractivity contribution in [2.75, 3.05) is 31.1 Å². The summed E-state index contributed by atoms with van der Waals surface area (Å²) in [7, 11) is -3.46. The summed E-state index contributed by atoms with van der Waals surface area (Å²) in [6.07, 6.45) is 0.821. The molecular formula is C22H24BrN3O2S2. The average molecular weight is 506 g/mol. The third-order valence-electron chi connectivity index (χ3n) is 5.40. The third-order valence-corrected chi connectivity index (χ3v) is 8.91. The van der Waals surface area contributed by atoms with Crippen LogP contribution in [0.2, 0.25) is 0 Å². The first-order valence-electron chi connectivity index (χ1n) is 9.86. The number of piperazine rings is 1. The molecule has 30 heavy (non-hydrogen) atoms. The molecule has 2 aromatic carbocycles. The van der Waals surface area contributed by atoms with Crippen molar-refractivity contribution in [2.24, 2.45) is 0 Å². The highest BCUT2D eigenvalue weighted by Gasteiger charge is 2.29. The van der Waals surface area contributed by atoms with E-state index < -0.39 is 10.0 Å². The molecular weight excluding hydrogens is 482 g/mol. The fraction of sp³-hybridized carbons (Fsp3) is 0.318. The maximum Gasteiger partial charge on any atom is 0.243 e. The molecule has 2 heterocycles. The lowest BCUT2D eigenvalue weighted by Gasteiger charge is -2.33. The smallest absolute Gasteiger partial charge is 0.243 e. The van der Waals surface area contributed by atoms with Gasteiger partial charge in [-0.1, -0.05) is 52.3 Å². The Labute approximate surface area is 190 Å². The van der Waals surface area contributed by atoms with Crippen LogP contribution in [0.25, 0.3) is 0 Å².